The van der Waals surface area contributed by atoms with Gasteiger partial charge in [0, 0.05) is 57.0 Å². The minimum absolute atomic E-state index is 0.475. The maximum Gasteiger partial charge on any atom is 0.0479 e. The Bertz CT molecular complexity index is 479. The second-order valence-electron chi connectivity index (χ2n) is 7.06. The second kappa shape index (κ2) is 10.1. The van der Waals surface area contributed by atoms with E-state index in [0.717, 1.165) is 52.4 Å². The van der Waals surface area contributed by atoms with Crippen LogP contribution in [0.4, 0.5) is 5.69 Å². The summed E-state index contributed by atoms with van der Waals surface area (Å²) in [7, 11) is 0. The van der Waals surface area contributed by atoms with Gasteiger partial charge in [0.25, 0.3) is 0 Å². The molecule has 25 heavy (non-hydrogen) atoms. The van der Waals surface area contributed by atoms with Gasteiger partial charge >= 0.3 is 0 Å². The van der Waals surface area contributed by atoms with Crippen LogP contribution in [0.1, 0.15) is 46.2 Å². The number of nitrogens with zero attached hydrogens (tertiary/aromatic N) is 3. The minimum Gasteiger partial charge on any atom is -0.372 e. The predicted octanol–water partition coefficient (Wildman–Crippen LogP) is 3.21. The summed E-state index contributed by atoms with van der Waals surface area (Å²) >= 11 is 0. The molecule has 1 aromatic carbocycles. The molecule has 0 aliphatic carbocycles. The summed E-state index contributed by atoms with van der Waals surface area (Å²) in [6.45, 7) is 20.1. The Morgan fingerprint density at radius 2 is 1.68 bits per heavy atom. The van der Waals surface area contributed by atoms with Crippen LogP contribution >= 0.6 is 0 Å². The Balaban J connectivity index is 2.24. The average Bonchev–Trinajstić information content (AvgIpc) is 2.65. The molecule has 1 aliphatic rings. The zero-order valence-electron chi connectivity index (χ0n) is 17.0. The van der Waals surface area contributed by atoms with Crippen LogP contribution in [0.5, 0.6) is 0 Å². The Hall–Kier alpha value is -1.10. The summed E-state index contributed by atoms with van der Waals surface area (Å²) in [5.74, 6) is 0. The van der Waals surface area contributed by atoms with E-state index < -0.39 is 0 Å². The summed E-state index contributed by atoms with van der Waals surface area (Å²) in [5.41, 5.74) is 2.79. The Morgan fingerprint density at radius 1 is 1.04 bits per heavy atom. The molecule has 0 radical (unpaired) electrons. The van der Waals surface area contributed by atoms with E-state index >= 15 is 0 Å². The van der Waals surface area contributed by atoms with Crippen molar-refractivity contribution in [1.82, 2.24) is 15.1 Å². The maximum atomic E-state index is 3.53. The van der Waals surface area contributed by atoms with Crippen molar-refractivity contribution >= 4 is 5.69 Å². The molecule has 1 fully saturated rings. The molecule has 0 bridgehead atoms. The van der Waals surface area contributed by atoms with Gasteiger partial charge in [-0.05, 0) is 51.6 Å². The average molecular weight is 347 g/mol. The van der Waals surface area contributed by atoms with Crippen molar-refractivity contribution < 1.29 is 0 Å². The molecule has 1 heterocycles. The van der Waals surface area contributed by atoms with Gasteiger partial charge in [0.1, 0.15) is 0 Å². The monoisotopic (exact) mass is 346 g/mol. The first-order valence-electron chi connectivity index (χ1n) is 10.2. The summed E-state index contributed by atoms with van der Waals surface area (Å²) < 4.78 is 0. The van der Waals surface area contributed by atoms with E-state index in [1.165, 1.54) is 11.3 Å². The van der Waals surface area contributed by atoms with Gasteiger partial charge in [0.05, 0.1) is 0 Å². The zero-order valence-corrected chi connectivity index (χ0v) is 17.0. The number of nitrogens with one attached hydrogen (secondary N) is 1. The van der Waals surface area contributed by atoms with Gasteiger partial charge in [-0.2, -0.15) is 0 Å². The molecule has 1 aliphatic heterocycles. The van der Waals surface area contributed by atoms with Crippen molar-refractivity contribution in [3.63, 3.8) is 0 Å². The third kappa shape index (κ3) is 5.19. The molecule has 1 N–H and O–H groups in total. The van der Waals surface area contributed by atoms with Gasteiger partial charge in [0.15, 0.2) is 0 Å². The van der Waals surface area contributed by atoms with Gasteiger partial charge in [0.2, 0.25) is 0 Å². The molecule has 1 aromatic rings. The highest BCUT2D eigenvalue weighted by atomic mass is 15.3. The van der Waals surface area contributed by atoms with Gasteiger partial charge in [-0.15, -0.1) is 0 Å². The summed E-state index contributed by atoms with van der Waals surface area (Å²) in [6.07, 6.45) is 0. The standard InChI is InChI=1S/C21H38N4/c1-6-23(7-2)17-21(25-15-14-22-16-18(25)5)19-10-12-20(13-11-19)24(8-3)9-4/h10-13,18,21-22H,6-9,14-17H2,1-5H3. The Labute approximate surface area is 155 Å². The summed E-state index contributed by atoms with van der Waals surface area (Å²) in [4.78, 5) is 7.66. The molecule has 2 rings (SSSR count). The highest BCUT2D eigenvalue weighted by Gasteiger charge is 2.28. The van der Waals surface area contributed by atoms with E-state index in [2.05, 4.69) is 78.9 Å². The first kappa shape index (κ1) is 20.2. The third-order valence-corrected chi connectivity index (χ3v) is 5.69. The normalized spacial score (nSPS) is 20.0. The topological polar surface area (TPSA) is 21.8 Å². The number of hydrogen-bond donors (Lipinski definition) is 1. The number of rotatable bonds is 9. The lowest BCUT2D eigenvalue weighted by atomic mass is 10.0. The molecular formula is C21H38N4. The van der Waals surface area contributed by atoms with Crippen LogP contribution in [-0.4, -0.2) is 68.2 Å². The summed E-state index contributed by atoms with van der Waals surface area (Å²) in [5, 5.41) is 3.53. The fourth-order valence-corrected chi connectivity index (χ4v) is 3.94. The van der Waals surface area contributed by atoms with Gasteiger partial charge in [-0.1, -0.05) is 26.0 Å². The highest BCUT2D eigenvalue weighted by Crippen LogP contribution is 2.27. The quantitative estimate of drug-likeness (QED) is 0.741. The van der Waals surface area contributed by atoms with Crippen LogP contribution < -0.4 is 10.2 Å². The molecule has 4 heteroatoms. The molecule has 0 spiro atoms. The van der Waals surface area contributed by atoms with Crippen LogP contribution in [0, 0.1) is 0 Å². The second-order valence-corrected chi connectivity index (χ2v) is 7.06. The number of benzene rings is 1. The molecule has 1 saturated heterocycles. The number of piperazine rings is 1. The smallest absolute Gasteiger partial charge is 0.0479 e. The Morgan fingerprint density at radius 3 is 2.20 bits per heavy atom. The summed E-state index contributed by atoms with van der Waals surface area (Å²) in [6, 6.07) is 10.4. The van der Waals surface area contributed by atoms with E-state index in [1.54, 1.807) is 0 Å². The SMILES string of the molecule is CCN(CC)CC(c1ccc(N(CC)CC)cc1)N1CCNCC1C. The minimum atomic E-state index is 0.475. The molecule has 142 valence electrons. The molecule has 2 unspecified atom stereocenters. The van der Waals surface area contributed by atoms with Gasteiger partial charge in [-0.25, -0.2) is 0 Å². The molecule has 0 amide bonds. The van der Waals surface area contributed by atoms with Crippen molar-refractivity contribution in [1.29, 1.82) is 0 Å². The first-order chi connectivity index (χ1) is 12.1. The van der Waals surface area contributed by atoms with Gasteiger partial charge < -0.3 is 15.1 Å². The zero-order chi connectivity index (χ0) is 18.2. The number of hydrogen-bond acceptors (Lipinski definition) is 4. The largest absolute Gasteiger partial charge is 0.372 e. The van der Waals surface area contributed by atoms with Crippen molar-refractivity contribution in [2.24, 2.45) is 0 Å². The van der Waals surface area contributed by atoms with E-state index in [9.17, 15) is 0 Å². The van der Waals surface area contributed by atoms with Crippen molar-refractivity contribution in [3.8, 4) is 0 Å². The lowest BCUT2D eigenvalue weighted by Gasteiger charge is -2.42. The van der Waals surface area contributed by atoms with E-state index in [0.29, 0.717) is 12.1 Å². The van der Waals surface area contributed by atoms with E-state index in [1.807, 2.05) is 0 Å². The predicted molar refractivity (Wildman–Crippen MR) is 110 cm³/mol. The maximum absolute atomic E-state index is 3.53. The van der Waals surface area contributed by atoms with Crippen LogP contribution in [-0.2, 0) is 0 Å². The van der Waals surface area contributed by atoms with Crippen LogP contribution in [0.15, 0.2) is 24.3 Å². The molecular weight excluding hydrogens is 308 g/mol. The molecule has 4 nitrogen and oxygen atoms in total. The van der Waals surface area contributed by atoms with Crippen molar-refractivity contribution in [3.05, 3.63) is 29.8 Å². The fourth-order valence-electron chi connectivity index (χ4n) is 3.94. The lowest BCUT2D eigenvalue weighted by Crippen LogP contribution is -2.53. The number of anilines is 1. The van der Waals surface area contributed by atoms with E-state index in [4.69, 9.17) is 0 Å². The highest BCUT2D eigenvalue weighted by molar-refractivity contribution is 5.48. The molecule has 0 aromatic heterocycles. The first-order valence-corrected chi connectivity index (χ1v) is 10.2. The van der Waals surface area contributed by atoms with Gasteiger partial charge in [-0.3, -0.25) is 4.90 Å². The van der Waals surface area contributed by atoms with E-state index in [-0.39, 0.29) is 0 Å². The third-order valence-electron chi connectivity index (χ3n) is 5.69. The lowest BCUT2D eigenvalue weighted by molar-refractivity contribution is 0.0871. The fraction of sp³-hybridized carbons (Fsp3) is 0.714. The van der Waals surface area contributed by atoms with Crippen LogP contribution in [0.2, 0.25) is 0 Å². The molecule has 0 saturated carbocycles. The van der Waals surface area contributed by atoms with Crippen LogP contribution in [0.3, 0.4) is 0 Å². The van der Waals surface area contributed by atoms with Crippen molar-refractivity contribution in [2.45, 2.75) is 46.7 Å². The Kier molecular flexibility index (Phi) is 8.20. The number of likely N-dealkylation sites (N-methyl/N-ethyl adjacent to an activating group) is 1. The van der Waals surface area contributed by atoms with Crippen LogP contribution in [0.25, 0.3) is 0 Å². The van der Waals surface area contributed by atoms with Crippen molar-refractivity contribution in [2.75, 3.05) is 57.3 Å². The molecule has 2 atom stereocenters.